The largest absolute Gasteiger partial charge is 1.00 e. The molecule has 2 fully saturated rings. The van der Waals surface area contributed by atoms with Crippen LogP contribution in [0.1, 0.15) is 20.3 Å². The summed E-state index contributed by atoms with van der Waals surface area (Å²) in [5.41, 5.74) is 0. The Balaban J connectivity index is 0.000000980. The average molecular weight is 223 g/mol. The van der Waals surface area contributed by atoms with Gasteiger partial charge in [-0.05, 0) is 13.8 Å². The van der Waals surface area contributed by atoms with Crippen molar-refractivity contribution in [3.8, 4) is 0 Å². The number of fused-ring (bicyclic) bond motifs is 1. The van der Waals surface area contributed by atoms with Gasteiger partial charge in [0, 0.05) is 4.75 Å². The van der Waals surface area contributed by atoms with Gasteiger partial charge in [0.15, 0.2) is 0 Å². The smallest absolute Gasteiger partial charge is 0.548 e. The molecule has 0 aromatic heterocycles. The minimum absolute atomic E-state index is 0. The SMILES string of the molecule is CC1(C)SC2CC(=O)N2C1C(=O)[O-].[Na+]. The number of carbonyl (C=O) groups is 2. The first-order valence-corrected chi connectivity index (χ1v) is 5.01. The number of nitrogens with zero attached hydrogens (tertiary/aromatic N) is 1. The Bertz CT molecular complexity index is 294. The molecule has 2 atom stereocenters. The first-order chi connectivity index (χ1) is 5.93. The molecule has 2 rings (SSSR count). The van der Waals surface area contributed by atoms with Gasteiger partial charge in [-0.1, -0.05) is 0 Å². The second-order valence-electron chi connectivity index (χ2n) is 3.90. The van der Waals surface area contributed by atoms with Crippen molar-refractivity contribution in [1.82, 2.24) is 4.90 Å². The number of thioether (sulfide) groups is 1. The van der Waals surface area contributed by atoms with Gasteiger partial charge in [-0.2, -0.15) is 0 Å². The quantitative estimate of drug-likeness (QED) is 0.338. The maximum Gasteiger partial charge on any atom is 1.00 e. The molecule has 1 amide bonds. The number of carbonyl (C=O) groups excluding carboxylic acids is 2. The molecule has 0 N–H and O–H groups in total. The average Bonchev–Trinajstić information content (AvgIpc) is 2.18. The van der Waals surface area contributed by atoms with Gasteiger partial charge in [0.25, 0.3) is 0 Å². The summed E-state index contributed by atoms with van der Waals surface area (Å²) in [7, 11) is 0. The summed E-state index contributed by atoms with van der Waals surface area (Å²) < 4.78 is -0.421. The van der Waals surface area contributed by atoms with Crippen LogP contribution in [0.25, 0.3) is 0 Å². The number of amides is 1. The van der Waals surface area contributed by atoms with Crippen LogP contribution < -0.4 is 34.7 Å². The van der Waals surface area contributed by atoms with E-state index >= 15 is 0 Å². The van der Waals surface area contributed by atoms with Crippen LogP contribution >= 0.6 is 11.8 Å². The van der Waals surface area contributed by atoms with Crippen molar-refractivity contribution in [2.75, 3.05) is 0 Å². The molecular weight excluding hydrogens is 213 g/mol. The molecule has 2 heterocycles. The molecule has 2 aliphatic rings. The summed E-state index contributed by atoms with van der Waals surface area (Å²) >= 11 is 1.54. The molecule has 14 heavy (non-hydrogen) atoms. The van der Waals surface area contributed by atoms with Crippen molar-refractivity contribution >= 4 is 23.6 Å². The van der Waals surface area contributed by atoms with Crippen molar-refractivity contribution < 1.29 is 44.3 Å². The Labute approximate surface area is 109 Å². The summed E-state index contributed by atoms with van der Waals surface area (Å²) in [6.45, 7) is 3.67. The van der Waals surface area contributed by atoms with Crippen LogP contribution in [0.2, 0.25) is 0 Å². The van der Waals surface area contributed by atoms with Gasteiger partial charge in [0.2, 0.25) is 5.91 Å². The predicted octanol–water partition coefficient (Wildman–Crippen LogP) is -3.81. The maximum atomic E-state index is 11.1. The third-order valence-electron chi connectivity index (χ3n) is 2.55. The molecule has 0 saturated carbocycles. The fraction of sp³-hybridized carbons (Fsp3) is 0.750. The number of β-lactam (4-membered cyclic amide) rings is 1. The van der Waals surface area contributed by atoms with Crippen LogP contribution in [0, 0.1) is 0 Å². The Morgan fingerprint density at radius 1 is 1.64 bits per heavy atom. The topological polar surface area (TPSA) is 60.4 Å². The molecule has 2 saturated heterocycles. The molecule has 2 aliphatic heterocycles. The standard InChI is InChI=1S/C8H11NO3S.Na/c1-8(2)6(7(11)12)9-4(10)3-5(9)13-8;/h5-6H,3H2,1-2H3,(H,11,12);/q;+1/p-1. The second kappa shape index (κ2) is 3.70. The van der Waals surface area contributed by atoms with E-state index in [9.17, 15) is 14.7 Å². The second-order valence-corrected chi connectivity index (χ2v) is 5.73. The number of carboxylic acid groups (broad SMARTS) is 1. The predicted molar refractivity (Wildman–Crippen MR) is 45.7 cm³/mol. The molecule has 0 spiro atoms. The zero-order valence-corrected chi connectivity index (χ0v) is 11.3. The summed E-state index contributed by atoms with van der Waals surface area (Å²) in [6.07, 6.45) is 0.470. The van der Waals surface area contributed by atoms with Crippen LogP contribution in [0.15, 0.2) is 0 Å². The fourth-order valence-electron chi connectivity index (χ4n) is 1.96. The van der Waals surface area contributed by atoms with Crippen LogP contribution in [0.3, 0.4) is 0 Å². The third-order valence-corrected chi connectivity index (χ3v) is 4.04. The van der Waals surface area contributed by atoms with E-state index < -0.39 is 16.8 Å². The monoisotopic (exact) mass is 223 g/mol. The van der Waals surface area contributed by atoms with Crippen LogP contribution in [-0.4, -0.2) is 32.9 Å². The number of rotatable bonds is 1. The molecule has 72 valence electrons. The van der Waals surface area contributed by atoms with E-state index in [0.717, 1.165) is 0 Å². The Morgan fingerprint density at radius 3 is 2.57 bits per heavy atom. The Kier molecular flexibility index (Phi) is 3.27. The van der Waals surface area contributed by atoms with E-state index in [1.807, 2.05) is 13.8 Å². The van der Waals surface area contributed by atoms with Gasteiger partial charge in [-0.15, -0.1) is 11.8 Å². The fourth-order valence-corrected chi connectivity index (χ4v) is 3.58. The van der Waals surface area contributed by atoms with Crippen molar-refractivity contribution in [2.24, 2.45) is 0 Å². The Morgan fingerprint density at radius 2 is 2.21 bits per heavy atom. The first kappa shape index (κ1) is 12.4. The number of hydrogen-bond donors (Lipinski definition) is 0. The number of carboxylic acids is 1. The molecule has 0 radical (unpaired) electrons. The summed E-state index contributed by atoms with van der Waals surface area (Å²) in [6, 6.07) is -0.760. The molecule has 6 heteroatoms. The molecule has 0 aromatic rings. The van der Waals surface area contributed by atoms with Crippen LogP contribution in [0.4, 0.5) is 0 Å². The summed E-state index contributed by atoms with van der Waals surface area (Å²) in [5, 5.41) is 10.9. The van der Waals surface area contributed by atoms with Crippen LogP contribution in [-0.2, 0) is 9.59 Å². The van der Waals surface area contributed by atoms with E-state index in [1.54, 1.807) is 11.8 Å². The van der Waals surface area contributed by atoms with Crippen molar-refractivity contribution in [3.63, 3.8) is 0 Å². The summed E-state index contributed by atoms with van der Waals surface area (Å²) in [4.78, 5) is 23.4. The van der Waals surface area contributed by atoms with Crippen molar-refractivity contribution in [2.45, 2.75) is 36.4 Å². The minimum Gasteiger partial charge on any atom is -0.548 e. The van der Waals surface area contributed by atoms with E-state index in [1.165, 1.54) is 4.90 Å². The number of aliphatic carboxylic acids is 1. The van der Waals surface area contributed by atoms with Gasteiger partial charge in [-0.25, -0.2) is 0 Å². The molecule has 0 aliphatic carbocycles. The van der Waals surface area contributed by atoms with Crippen molar-refractivity contribution in [3.05, 3.63) is 0 Å². The normalized spacial score (nSPS) is 33.0. The van der Waals surface area contributed by atoms with E-state index in [2.05, 4.69) is 0 Å². The van der Waals surface area contributed by atoms with Gasteiger partial charge in [0.05, 0.1) is 23.8 Å². The van der Waals surface area contributed by atoms with E-state index in [0.29, 0.717) is 6.42 Å². The molecule has 4 nitrogen and oxygen atoms in total. The zero-order valence-electron chi connectivity index (χ0n) is 8.44. The Hall–Kier alpha value is 0.290. The van der Waals surface area contributed by atoms with E-state index in [-0.39, 0.29) is 40.8 Å². The van der Waals surface area contributed by atoms with Crippen LogP contribution in [0.5, 0.6) is 0 Å². The maximum absolute atomic E-state index is 11.1. The minimum atomic E-state index is -1.15. The van der Waals surface area contributed by atoms with Gasteiger partial charge in [-0.3, -0.25) is 4.79 Å². The van der Waals surface area contributed by atoms with Gasteiger partial charge in [0.1, 0.15) is 0 Å². The van der Waals surface area contributed by atoms with Crippen molar-refractivity contribution in [1.29, 1.82) is 0 Å². The zero-order chi connectivity index (χ0) is 9.80. The van der Waals surface area contributed by atoms with Gasteiger partial charge >= 0.3 is 29.6 Å². The molecule has 0 aromatic carbocycles. The number of hydrogen-bond acceptors (Lipinski definition) is 4. The molecular formula is C8H10NNaO3S. The molecule has 0 bridgehead atoms. The third kappa shape index (κ3) is 1.60. The van der Waals surface area contributed by atoms with Gasteiger partial charge < -0.3 is 14.8 Å². The first-order valence-electron chi connectivity index (χ1n) is 4.13. The molecule has 2 unspecified atom stereocenters. The summed E-state index contributed by atoms with van der Waals surface area (Å²) in [5.74, 6) is -1.22. The van der Waals surface area contributed by atoms with E-state index in [4.69, 9.17) is 0 Å².